The first-order chi connectivity index (χ1) is 12.5. The summed E-state index contributed by atoms with van der Waals surface area (Å²) in [6.07, 6.45) is 0. The first-order valence-corrected chi connectivity index (χ1v) is 8.97. The molecule has 7 heteroatoms. The van der Waals surface area contributed by atoms with Gasteiger partial charge in [-0.1, -0.05) is 29.5 Å². The van der Waals surface area contributed by atoms with Gasteiger partial charge in [0.05, 0.1) is 17.4 Å². The van der Waals surface area contributed by atoms with Crippen molar-refractivity contribution in [3.05, 3.63) is 53.8 Å². The van der Waals surface area contributed by atoms with E-state index >= 15 is 0 Å². The summed E-state index contributed by atoms with van der Waals surface area (Å²) in [5, 5.41) is 0.475. The number of para-hydroxylation sites is 2. The molecule has 0 fully saturated rings. The number of hydrogen-bond acceptors (Lipinski definition) is 5. The number of amides is 1. The Morgan fingerprint density at radius 3 is 2.62 bits per heavy atom. The molecule has 1 heterocycles. The smallest absolute Gasteiger partial charge is 0.263 e. The van der Waals surface area contributed by atoms with Gasteiger partial charge in [-0.2, -0.15) is 0 Å². The van der Waals surface area contributed by atoms with E-state index in [1.165, 1.54) is 24.5 Å². The molecular weight excluding hydrogens is 353 g/mol. The number of methoxy groups -OCH3 is 1. The van der Waals surface area contributed by atoms with Gasteiger partial charge >= 0.3 is 0 Å². The summed E-state index contributed by atoms with van der Waals surface area (Å²) in [7, 11) is 5.40. The lowest BCUT2D eigenvalue weighted by molar-refractivity contribution is 0.0982. The van der Waals surface area contributed by atoms with Crippen molar-refractivity contribution in [1.29, 1.82) is 0 Å². The van der Waals surface area contributed by atoms with Gasteiger partial charge in [0.25, 0.3) is 5.91 Å². The van der Waals surface area contributed by atoms with Crippen molar-refractivity contribution < 1.29 is 13.9 Å². The third-order valence-corrected chi connectivity index (χ3v) is 4.99. The molecule has 0 aliphatic carbocycles. The molecule has 5 nitrogen and oxygen atoms in total. The average Bonchev–Trinajstić information content (AvgIpc) is 3.06. The van der Waals surface area contributed by atoms with E-state index in [1.54, 1.807) is 35.2 Å². The molecule has 1 aromatic heterocycles. The molecule has 0 bridgehead atoms. The minimum Gasteiger partial charge on any atom is -0.496 e. The highest BCUT2D eigenvalue weighted by atomic mass is 32.1. The van der Waals surface area contributed by atoms with Gasteiger partial charge < -0.3 is 9.64 Å². The monoisotopic (exact) mass is 373 g/mol. The Morgan fingerprint density at radius 1 is 1.15 bits per heavy atom. The molecule has 136 valence electrons. The Morgan fingerprint density at radius 2 is 1.92 bits per heavy atom. The third-order valence-electron chi connectivity index (χ3n) is 3.94. The topological polar surface area (TPSA) is 45.7 Å². The van der Waals surface area contributed by atoms with Crippen LogP contribution >= 0.6 is 11.3 Å². The van der Waals surface area contributed by atoms with E-state index in [-0.39, 0.29) is 17.2 Å². The normalized spacial score (nSPS) is 11.1. The molecular formula is C19H20FN3O2S. The van der Waals surface area contributed by atoms with E-state index in [9.17, 15) is 9.18 Å². The molecule has 2 aromatic carbocycles. The predicted molar refractivity (Wildman–Crippen MR) is 103 cm³/mol. The maximum absolute atomic E-state index is 14.0. The zero-order chi connectivity index (χ0) is 18.7. The maximum Gasteiger partial charge on any atom is 0.263 e. The molecule has 0 saturated carbocycles. The third kappa shape index (κ3) is 3.68. The van der Waals surface area contributed by atoms with Crippen LogP contribution in [0.25, 0.3) is 10.2 Å². The number of thiazole rings is 1. The molecule has 0 unspecified atom stereocenters. The van der Waals surface area contributed by atoms with E-state index in [2.05, 4.69) is 4.98 Å². The van der Waals surface area contributed by atoms with Crippen molar-refractivity contribution in [3.63, 3.8) is 0 Å². The van der Waals surface area contributed by atoms with Gasteiger partial charge in [-0.25, -0.2) is 9.37 Å². The summed E-state index contributed by atoms with van der Waals surface area (Å²) in [5.74, 6) is -0.106. The summed E-state index contributed by atoms with van der Waals surface area (Å²) in [6, 6.07) is 11.9. The van der Waals surface area contributed by atoms with Gasteiger partial charge in [0.15, 0.2) is 5.13 Å². The zero-order valence-corrected chi connectivity index (χ0v) is 15.7. The van der Waals surface area contributed by atoms with Gasteiger partial charge in [0.1, 0.15) is 17.1 Å². The number of carbonyl (C=O) groups is 1. The van der Waals surface area contributed by atoms with Crippen LogP contribution < -0.4 is 9.64 Å². The number of benzene rings is 2. The molecule has 1 amide bonds. The number of nitrogens with zero attached hydrogens (tertiary/aromatic N) is 3. The summed E-state index contributed by atoms with van der Waals surface area (Å²) >= 11 is 1.30. The van der Waals surface area contributed by atoms with Crippen LogP contribution in [-0.2, 0) is 0 Å². The predicted octanol–water partition coefficient (Wildman–Crippen LogP) is 3.65. The fourth-order valence-electron chi connectivity index (χ4n) is 2.57. The number of rotatable bonds is 6. The van der Waals surface area contributed by atoms with Crippen molar-refractivity contribution in [1.82, 2.24) is 9.88 Å². The van der Waals surface area contributed by atoms with Crippen molar-refractivity contribution >= 4 is 32.6 Å². The Hall–Kier alpha value is -2.51. The van der Waals surface area contributed by atoms with Crippen LogP contribution in [0, 0.1) is 5.82 Å². The summed E-state index contributed by atoms with van der Waals surface area (Å²) < 4.78 is 20.1. The molecule has 0 saturated heterocycles. The minimum absolute atomic E-state index is 0.219. The van der Waals surface area contributed by atoms with E-state index in [0.29, 0.717) is 34.2 Å². The molecule has 3 aromatic rings. The van der Waals surface area contributed by atoms with E-state index in [4.69, 9.17) is 4.74 Å². The van der Waals surface area contributed by atoms with Crippen LogP contribution in [0.4, 0.5) is 9.52 Å². The van der Waals surface area contributed by atoms with Gasteiger partial charge in [-0.15, -0.1) is 0 Å². The molecule has 0 aliphatic rings. The van der Waals surface area contributed by atoms with E-state index < -0.39 is 0 Å². The van der Waals surface area contributed by atoms with Crippen LogP contribution in [0.2, 0.25) is 0 Å². The number of halogens is 1. The average molecular weight is 373 g/mol. The molecule has 0 spiro atoms. The fourth-order valence-corrected chi connectivity index (χ4v) is 3.57. The SMILES string of the molecule is COc1ccccc1C(=O)N(CCN(C)C)c1nc2c(F)cccc2s1. The highest BCUT2D eigenvalue weighted by molar-refractivity contribution is 7.22. The molecule has 3 rings (SSSR count). The lowest BCUT2D eigenvalue weighted by Crippen LogP contribution is -2.36. The number of hydrogen-bond donors (Lipinski definition) is 0. The fraction of sp³-hybridized carbons (Fsp3) is 0.263. The number of anilines is 1. The lowest BCUT2D eigenvalue weighted by Gasteiger charge is -2.22. The largest absolute Gasteiger partial charge is 0.496 e. The quantitative estimate of drug-likeness (QED) is 0.662. The maximum atomic E-state index is 14.0. The van der Waals surface area contributed by atoms with Crippen molar-refractivity contribution in [3.8, 4) is 5.75 Å². The lowest BCUT2D eigenvalue weighted by atomic mass is 10.1. The standard InChI is InChI=1S/C19H20FN3O2S/c1-22(2)11-12-23(18(24)13-7-4-5-9-15(13)25-3)19-21-17-14(20)8-6-10-16(17)26-19/h4-10H,11-12H2,1-3H3. The minimum atomic E-state index is -0.387. The van der Waals surface area contributed by atoms with Gasteiger partial charge in [-0.05, 0) is 38.4 Å². The second-order valence-electron chi connectivity index (χ2n) is 6.04. The van der Waals surface area contributed by atoms with Crippen molar-refractivity contribution in [2.75, 3.05) is 39.2 Å². The van der Waals surface area contributed by atoms with E-state index in [1.807, 2.05) is 25.1 Å². The second-order valence-corrected chi connectivity index (χ2v) is 7.05. The second kappa shape index (κ2) is 7.80. The molecule has 26 heavy (non-hydrogen) atoms. The molecule has 0 radical (unpaired) electrons. The molecule has 0 N–H and O–H groups in total. The summed E-state index contributed by atoms with van der Waals surface area (Å²) in [5.41, 5.74) is 0.740. The van der Waals surface area contributed by atoms with Crippen molar-refractivity contribution in [2.24, 2.45) is 0 Å². The highest BCUT2D eigenvalue weighted by Gasteiger charge is 2.24. The van der Waals surface area contributed by atoms with E-state index in [0.717, 1.165) is 0 Å². The van der Waals surface area contributed by atoms with Crippen molar-refractivity contribution in [2.45, 2.75) is 0 Å². The number of aromatic nitrogens is 1. The highest BCUT2D eigenvalue weighted by Crippen LogP contribution is 2.32. The van der Waals surface area contributed by atoms with Crippen LogP contribution in [0.1, 0.15) is 10.4 Å². The van der Waals surface area contributed by atoms with Gasteiger partial charge in [-0.3, -0.25) is 9.69 Å². The first kappa shape index (κ1) is 18.3. The Balaban J connectivity index is 2.03. The molecule has 0 aliphatic heterocycles. The first-order valence-electron chi connectivity index (χ1n) is 8.16. The molecule has 0 atom stereocenters. The number of carbonyl (C=O) groups excluding carboxylic acids is 1. The van der Waals surface area contributed by atoms with Crippen LogP contribution in [0.15, 0.2) is 42.5 Å². The summed E-state index contributed by atoms with van der Waals surface area (Å²) in [6.45, 7) is 1.09. The van der Waals surface area contributed by atoms with Gasteiger partial charge in [0, 0.05) is 13.1 Å². The van der Waals surface area contributed by atoms with Crippen LogP contribution in [0.3, 0.4) is 0 Å². The van der Waals surface area contributed by atoms with Crippen LogP contribution in [-0.4, -0.2) is 50.1 Å². The Labute approximate surface area is 155 Å². The summed E-state index contributed by atoms with van der Waals surface area (Å²) in [4.78, 5) is 21.1. The number of fused-ring (bicyclic) bond motifs is 1. The number of ether oxygens (including phenoxy) is 1. The Bertz CT molecular complexity index is 926. The Kier molecular flexibility index (Phi) is 5.49. The van der Waals surface area contributed by atoms with Crippen LogP contribution in [0.5, 0.6) is 5.75 Å². The number of likely N-dealkylation sites (N-methyl/N-ethyl adjacent to an activating group) is 1. The zero-order valence-electron chi connectivity index (χ0n) is 14.9. The van der Waals surface area contributed by atoms with Gasteiger partial charge in [0.2, 0.25) is 0 Å².